The Labute approximate surface area is 169 Å². The number of aryl methyl sites for hydroxylation is 1. The van der Waals surface area contributed by atoms with E-state index in [-0.39, 0.29) is 0 Å². The lowest BCUT2D eigenvalue weighted by Gasteiger charge is -2.35. The number of benzene rings is 1. The second-order valence-electron chi connectivity index (χ2n) is 7.60. The van der Waals surface area contributed by atoms with Gasteiger partial charge in [-0.15, -0.1) is 0 Å². The highest BCUT2D eigenvalue weighted by atomic mass is 32.2. The molecule has 1 fully saturated rings. The second-order valence-corrected chi connectivity index (χ2v) is 9.58. The minimum absolute atomic E-state index is 0.295. The minimum atomic E-state index is -3.19. The zero-order chi connectivity index (χ0) is 20.7. The highest BCUT2D eigenvalue weighted by Gasteiger charge is 2.21. The van der Waals surface area contributed by atoms with E-state index in [9.17, 15) is 8.42 Å². The first kappa shape index (κ1) is 22.6. The SMILES string of the molecule is CN=C(NCCCN1CC(C)OC(C)C1)NCc1ccc(S(C)(=O)=O)c(C)c1. The fraction of sp³-hybridized carbons (Fsp3) is 0.650. The average Bonchev–Trinajstić information content (AvgIpc) is 2.59. The molecular formula is C20H34N4O3S. The summed E-state index contributed by atoms with van der Waals surface area (Å²) in [5.41, 5.74) is 1.78. The number of nitrogens with one attached hydrogen (secondary N) is 2. The van der Waals surface area contributed by atoms with Gasteiger partial charge in [0.05, 0.1) is 17.1 Å². The van der Waals surface area contributed by atoms with Gasteiger partial charge >= 0.3 is 0 Å². The van der Waals surface area contributed by atoms with Crippen molar-refractivity contribution in [3.63, 3.8) is 0 Å². The first-order valence-corrected chi connectivity index (χ1v) is 11.7. The molecule has 7 nitrogen and oxygen atoms in total. The van der Waals surface area contributed by atoms with Gasteiger partial charge in [-0.25, -0.2) is 8.42 Å². The Morgan fingerprint density at radius 3 is 2.50 bits per heavy atom. The molecule has 28 heavy (non-hydrogen) atoms. The van der Waals surface area contributed by atoms with Crippen LogP contribution < -0.4 is 10.6 Å². The van der Waals surface area contributed by atoms with Crippen molar-refractivity contribution in [1.29, 1.82) is 0 Å². The Morgan fingerprint density at radius 2 is 1.93 bits per heavy atom. The number of aliphatic imine (C=N–C) groups is 1. The molecule has 0 aromatic heterocycles. The molecule has 0 radical (unpaired) electrons. The summed E-state index contributed by atoms with van der Waals surface area (Å²) in [7, 11) is -1.44. The Kier molecular flexibility index (Phi) is 8.27. The maximum atomic E-state index is 11.7. The monoisotopic (exact) mass is 410 g/mol. The lowest BCUT2D eigenvalue weighted by Crippen LogP contribution is -2.46. The predicted octanol–water partition coefficient (Wildman–Crippen LogP) is 1.56. The lowest BCUT2D eigenvalue weighted by atomic mass is 10.1. The number of rotatable bonds is 7. The molecule has 1 saturated heterocycles. The minimum Gasteiger partial charge on any atom is -0.373 e. The smallest absolute Gasteiger partial charge is 0.191 e. The summed E-state index contributed by atoms with van der Waals surface area (Å²) in [4.78, 5) is 7.08. The number of hydrogen-bond acceptors (Lipinski definition) is 5. The summed E-state index contributed by atoms with van der Waals surface area (Å²) >= 11 is 0. The Bertz CT molecular complexity index is 770. The van der Waals surface area contributed by atoms with Gasteiger partial charge in [-0.2, -0.15) is 0 Å². The van der Waals surface area contributed by atoms with Crippen LogP contribution in [0.15, 0.2) is 28.1 Å². The Hall–Kier alpha value is -1.64. The molecule has 0 saturated carbocycles. The lowest BCUT2D eigenvalue weighted by molar-refractivity contribution is -0.0679. The van der Waals surface area contributed by atoms with Crippen molar-refractivity contribution in [3.05, 3.63) is 29.3 Å². The van der Waals surface area contributed by atoms with Crippen LogP contribution >= 0.6 is 0 Å². The molecule has 0 amide bonds. The van der Waals surface area contributed by atoms with Crippen LogP contribution in [0.1, 0.15) is 31.4 Å². The molecule has 0 bridgehead atoms. The van der Waals surface area contributed by atoms with Gasteiger partial charge in [-0.1, -0.05) is 12.1 Å². The van der Waals surface area contributed by atoms with Crippen LogP contribution in [0.2, 0.25) is 0 Å². The third kappa shape index (κ3) is 7.07. The van der Waals surface area contributed by atoms with Gasteiger partial charge < -0.3 is 15.4 Å². The van der Waals surface area contributed by atoms with Crippen molar-refractivity contribution in [1.82, 2.24) is 15.5 Å². The van der Waals surface area contributed by atoms with Gasteiger partial charge in [0, 0.05) is 46.0 Å². The maximum absolute atomic E-state index is 11.7. The van der Waals surface area contributed by atoms with Crippen LogP contribution in [-0.4, -0.2) is 71.0 Å². The predicted molar refractivity (Wildman–Crippen MR) is 114 cm³/mol. The largest absolute Gasteiger partial charge is 0.373 e. The van der Waals surface area contributed by atoms with Crippen LogP contribution in [0.5, 0.6) is 0 Å². The standard InChI is InChI=1S/C20H34N4O3S/c1-15-11-18(7-8-19(15)28(5,25)26)12-23-20(21-4)22-9-6-10-24-13-16(2)27-17(3)14-24/h7-8,11,16-17H,6,9-10,12-14H2,1-5H3,(H2,21,22,23). The molecule has 2 unspecified atom stereocenters. The summed E-state index contributed by atoms with van der Waals surface area (Å²) in [6.45, 7) is 10.5. The maximum Gasteiger partial charge on any atom is 0.191 e. The van der Waals surface area contributed by atoms with Gasteiger partial charge in [0.15, 0.2) is 15.8 Å². The highest BCUT2D eigenvalue weighted by Crippen LogP contribution is 2.16. The van der Waals surface area contributed by atoms with Gasteiger partial charge in [-0.3, -0.25) is 9.89 Å². The van der Waals surface area contributed by atoms with Crippen molar-refractivity contribution >= 4 is 15.8 Å². The summed E-state index contributed by atoms with van der Waals surface area (Å²) in [5.74, 6) is 0.744. The number of hydrogen-bond donors (Lipinski definition) is 2. The third-order valence-corrected chi connectivity index (χ3v) is 6.02. The van der Waals surface area contributed by atoms with Crippen LogP contribution in [0.3, 0.4) is 0 Å². The molecule has 2 rings (SSSR count). The Morgan fingerprint density at radius 1 is 1.25 bits per heavy atom. The molecule has 0 spiro atoms. The zero-order valence-electron chi connectivity index (χ0n) is 17.7. The summed E-state index contributed by atoms with van der Waals surface area (Å²) in [6, 6.07) is 5.41. The van der Waals surface area contributed by atoms with E-state index in [0.717, 1.165) is 49.7 Å². The van der Waals surface area contributed by atoms with Gasteiger partial charge in [0.25, 0.3) is 0 Å². The van der Waals surface area contributed by atoms with E-state index >= 15 is 0 Å². The summed E-state index contributed by atoms with van der Waals surface area (Å²) < 4.78 is 29.2. The molecule has 2 N–H and O–H groups in total. The van der Waals surface area contributed by atoms with Crippen LogP contribution in [0.4, 0.5) is 0 Å². The first-order chi connectivity index (χ1) is 13.2. The number of guanidine groups is 1. The molecule has 1 aromatic rings. The molecule has 2 atom stereocenters. The van der Waals surface area contributed by atoms with Crippen molar-refractivity contribution in [2.24, 2.45) is 4.99 Å². The Balaban J connectivity index is 1.75. The van der Waals surface area contributed by atoms with E-state index in [0.29, 0.717) is 23.6 Å². The number of sulfone groups is 1. The molecule has 0 aliphatic carbocycles. The van der Waals surface area contributed by atoms with Crippen molar-refractivity contribution in [2.75, 3.05) is 39.5 Å². The quantitative estimate of drug-likeness (QED) is 0.403. The number of nitrogens with zero attached hydrogens (tertiary/aromatic N) is 2. The number of ether oxygens (including phenoxy) is 1. The van der Waals surface area contributed by atoms with Crippen LogP contribution in [0.25, 0.3) is 0 Å². The van der Waals surface area contributed by atoms with Crippen LogP contribution in [-0.2, 0) is 21.1 Å². The normalized spacial score (nSPS) is 21.5. The number of morpholine rings is 1. The molecule has 1 aromatic carbocycles. The molecular weight excluding hydrogens is 376 g/mol. The van der Waals surface area contributed by atoms with E-state index in [1.54, 1.807) is 13.1 Å². The van der Waals surface area contributed by atoms with E-state index in [1.807, 2.05) is 19.1 Å². The fourth-order valence-corrected chi connectivity index (χ4v) is 4.58. The third-order valence-electron chi connectivity index (χ3n) is 4.76. The fourth-order valence-electron chi connectivity index (χ4n) is 3.62. The van der Waals surface area contributed by atoms with Gasteiger partial charge in [-0.05, 0) is 44.4 Å². The zero-order valence-corrected chi connectivity index (χ0v) is 18.5. The van der Waals surface area contributed by atoms with Crippen molar-refractivity contribution in [2.45, 2.75) is 50.8 Å². The summed E-state index contributed by atoms with van der Waals surface area (Å²) in [6.07, 6.45) is 2.85. The van der Waals surface area contributed by atoms with Gasteiger partial charge in [0.2, 0.25) is 0 Å². The van der Waals surface area contributed by atoms with Gasteiger partial charge in [0.1, 0.15) is 0 Å². The molecule has 1 aliphatic heterocycles. The molecule has 1 aliphatic rings. The van der Waals surface area contributed by atoms with E-state index < -0.39 is 9.84 Å². The van der Waals surface area contributed by atoms with E-state index in [2.05, 4.69) is 34.4 Å². The first-order valence-electron chi connectivity index (χ1n) is 9.81. The van der Waals surface area contributed by atoms with E-state index in [4.69, 9.17) is 4.74 Å². The molecule has 158 valence electrons. The average molecular weight is 411 g/mol. The summed E-state index contributed by atoms with van der Waals surface area (Å²) in [5, 5.41) is 6.62. The second kappa shape index (κ2) is 10.2. The highest BCUT2D eigenvalue weighted by molar-refractivity contribution is 7.90. The van der Waals surface area contributed by atoms with Crippen molar-refractivity contribution < 1.29 is 13.2 Å². The molecule has 1 heterocycles. The van der Waals surface area contributed by atoms with E-state index in [1.165, 1.54) is 6.26 Å². The molecule has 8 heteroatoms. The van der Waals surface area contributed by atoms with Crippen molar-refractivity contribution in [3.8, 4) is 0 Å². The van der Waals surface area contributed by atoms with Crippen LogP contribution in [0, 0.1) is 6.92 Å². The topological polar surface area (TPSA) is 83.0 Å².